The molecule has 1 saturated carbocycles. The molecular weight excluding hydrogens is 318 g/mol. The van der Waals surface area contributed by atoms with E-state index in [9.17, 15) is 14.4 Å². The summed E-state index contributed by atoms with van der Waals surface area (Å²) >= 11 is 0. The molecule has 1 aromatic rings. The van der Waals surface area contributed by atoms with Crippen molar-refractivity contribution in [2.75, 3.05) is 6.61 Å². The topological polar surface area (TPSA) is 63.7 Å². The highest BCUT2D eigenvalue weighted by Crippen LogP contribution is 2.34. The van der Waals surface area contributed by atoms with E-state index < -0.39 is 6.04 Å². The Hall–Kier alpha value is -2.17. The third kappa shape index (κ3) is 3.75. The van der Waals surface area contributed by atoms with Gasteiger partial charge in [-0.25, -0.2) is 0 Å². The summed E-state index contributed by atoms with van der Waals surface area (Å²) in [5.74, 6) is 0.448. The van der Waals surface area contributed by atoms with Gasteiger partial charge in [-0.05, 0) is 25.0 Å². The van der Waals surface area contributed by atoms with Crippen molar-refractivity contribution in [2.24, 2.45) is 0 Å². The number of hydrogen-bond acceptors (Lipinski definition) is 4. The highest BCUT2D eigenvalue weighted by Gasteiger charge is 2.39. The van der Waals surface area contributed by atoms with Crippen molar-refractivity contribution in [1.29, 1.82) is 0 Å². The molecule has 1 atom stereocenters. The molecule has 134 valence electrons. The summed E-state index contributed by atoms with van der Waals surface area (Å²) in [6.45, 7) is 3.21. The number of rotatable bonds is 7. The van der Waals surface area contributed by atoms with E-state index in [0.29, 0.717) is 31.6 Å². The molecule has 1 aliphatic carbocycles. The van der Waals surface area contributed by atoms with Gasteiger partial charge < -0.3 is 9.64 Å². The monoisotopic (exact) mass is 343 g/mol. The van der Waals surface area contributed by atoms with Gasteiger partial charge in [0.05, 0.1) is 25.6 Å². The molecule has 0 N–H and O–H groups in total. The molecule has 1 fully saturated rings. The minimum atomic E-state index is -0.477. The largest absolute Gasteiger partial charge is 0.493 e. The van der Waals surface area contributed by atoms with Gasteiger partial charge in [0, 0.05) is 17.5 Å². The summed E-state index contributed by atoms with van der Waals surface area (Å²) in [5.41, 5.74) is 1.49. The van der Waals surface area contributed by atoms with E-state index in [1.807, 2.05) is 12.1 Å². The Morgan fingerprint density at radius 1 is 1.16 bits per heavy atom. The van der Waals surface area contributed by atoms with Crippen LogP contribution < -0.4 is 4.74 Å². The molecule has 25 heavy (non-hydrogen) atoms. The lowest BCUT2D eigenvalue weighted by atomic mass is 9.92. The molecule has 1 aromatic carbocycles. The quantitative estimate of drug-likeness (QED) is 0.563. The van der Waals surface area contributed by atoms with Crippen LogP contribution in [-0.4, -0.2) is 35.0 Å². The normalized spacial score (nSPS) is 20.1. The zero-order chi connectivity index (χ0) is 17.8. The number of fused-ring (bicyclic) bond motifs is 1. The van der Waals surface area contributed by atoms with E-state index >= 15 is 0 Å². The molecule has 1 heterocycles. The molecule has 0 spiro atoms. The zero-order valence-electron chi connectivity index (χ0n) is 14.8. The van der Waals surface area contributed by atoms with Crippen LogP contribution >= 0.6 is 0 Å². The maximum Gasteiger partial charge on any atom is 0.255 e. The fourth-order valence-corrected chi connectivity index (χ4v) is 3.61. The number of amides is 1. The van der Waals surface area contributed by atoms with Gasteiger partial charge in [-0.3, -0.25) is 14.4 Å². The molecule has 0 bridgehead atoms. The molecular formula is C20H25NO4. The van der Waals surface area contributed by atoms with Gasteiger partial charge in [0.1, 0.15) is 11.5 Å². The lowest BCUT2D eigenvalue weighted by Crippen LogP contribution is -2.44. The second-order valence-electron chi connectivity index (χ2n) is 6.86. The Morgan fingerprint density at radius 3 is 2.76 bits per heavy atom. The molecule has 5 nitrogen and oxygen atoms in total. The number of ketones is 2. The minimum absolute atomic E-state index is 0.0264. The zero-order valence-corrected chi connectivity index (χ0v) is 14.8. The maximum absolute atomic E-state index is 12.7. The van der Waals surface area contributed by atoms with Gasteiger partial charge in [-0.1, -0.05) is 32.3 Å². The number of carbonyl (C=O) groups is 3. The van der Waals surface area contributed by atoms with Gasteiger partial charge in [-0.15, -0.1) is 0 Å². The highest BCUT2D eigenvalue weighted by atomic mass is 16.5. The molecule has 0 aromatic heterocycles. The van der Waals surface area contributed by atoms with Crippen molar-refractivity contribution in [3.05, 3.63) is 29.3 Å². The summed E-state index contributed by atoms with van der Waals surface area (Å²) < 4.78 is 5.91. The van der Waals surface area contributed by atoms with Gasteiger partial charge in [0.25, 0.3) is 5.91 Å². The number of carbonyl (C=O) groups excluding carboxylic acids is 3. The standard InChI is InChI=1S/C20H25NO4/c1-2-3-4-5-11-25-19-8-6-7-15-16(19)13-21(20(15)24)17-10-9-14(22)12-18(17)23/h6-8,17H,2-5,9-13H2,1H3. The Kier molecular flexibility index (Phi) is 5.51. The van der Waals surface area contributed by atoms with Crippen molar-refractivity contribution in [2.45, 2.75) is 64.5 Å². The Bertz CT molecular complexity index is 682. The number of Topliss-reactive ketones (excluding diaryl/α,β-unsaturated/α-hetero) is 2. The summed E-state index contributed by atoms with van der Waals surface area (Å²) in [4.78, 5) is 38.0. The first-order valence-electron chi connectivity index (χ1n) is 9.22. The van der Waals surface area contributed by atoms with Crippen LogP contribution in [-0.2, 0) is 16.1 Å². The second kappa shape index (κ2) is 7.81. The van der Waals surface area contributed by atoms with Gasteiger partial charge in [-0.2, -0.15) is 0 Å². The van der Waals surface area contributed by atoms with Gasteiger partial charge in [0.2, 0.25) is 0 Å². The number of benzene rings is 1. The first-order valence-corrected chi connectivity index (χ1v) is 9.22. The molecule has 2 aliphatic rings. The van der Waals surface area contributed by atoms with Gasteiger partial charge >= 0.3 is 0 Å². The van der Waals surface area contributed by atoms with E-state index in [0.717, 1.165) is 24.2 Å². The number of hydrogen-bond donors (Lipinski definition) is 0. The Labute approximate surface area is 148 Å². The van der Waals surface area contributed by atoms with E-state index in [2.05, 4.69) is 6.92 Å². The van der Waals surface area contributed by atoms with E-state index in [1.54, 1.807) is 11.0 Å². The van der Waals surface area contributed by atoms with Crippen molar-refractivity contribution in [1.82, 2.24) is 4.90 Å². The van der Waals surface area contributed by atoms with Crippen LogP contribution in [0.25, 0.3) is 0 Å². The van der Waals surface area contributed by atoms with Crippen LogP contribution in [0.1, 0.15) is 67.8 Å². The van der Waals surface area contributed by atoms with Crippen molar-refractivity contribution >= 4 is 17.5 Å². The maximum atomic E-state index is 12.7. The Balaban J connectivity index is 1.69. The van der Waals surface area contributed by atoms with Crippen LogP contribution in [0.5, 0.6) is 5.75 Å². The summed E-state index contributed by atoms with van der Waals surface area (Å²) in [7, 11) is 0. The van der Waals surface area contributed by atoms with Crippen LogP contribution in [0.2, 0.25) is 0 Å². The number of nitrogens with zero attached hydrogens (tertiary/aromatic N) is 1. The predicted octanol–water partition coefficient (Wildman–Crippen LogP) is 3.29. The fraction of sp³-hybridized carbons (Fsp3) is 0.550. The Morgan fingerprint density at radius 2 is 2.00 bits per heavy atom. The average molecular weight is 343 g/mol. The molecule has 1 amide bonds. The summed E-state index contributed by atoms with van der Waals surface area (Å²) in [6.07, 6.45) is 5.28. The number of ether oxygens (including phenoxy) is 1. The SMILES string of the molecule is CCCCCCOc1cccc2c1CN(C1CCC(=O)CC1=O)C2=O. The molecule has 0 radical (unpaired) electrons. The molecule has 1 unspecified atom stereocenters. The lowest BCUT2D eigenvalue weighted by Gasteiger charge is -2.29. The molecule has 1 aliphatic heterocycles. The molecule has 3 rings (SSSR count). The second-order valence-corrected chi connectivity index (χ2v) is 6.86. The lowest BCUT2D eigenvalue weighted by molar-refractivity contribution is -0.133. The molecule has 5 heteroatoms. The first-order chi connectivity index (χ1) is 12.1. The summed E-state index contributed by atoms with van der Waals surface area (Å²) in [5, 5.41) is 0. The molecule has 0 saturated heterocycles. The van der Waals surface area contributed by atoms with E-state index in [1.165, 1.54) is 12.8 Å². The van der Waals surface area contributed by atoms with E-state index in [4.69, 9.17) is 4.74 Å². The first kappa shape index (κ1) is 17.6. The van der Waals surface area contributed by atoms with Crippen LogP contribution in [0.3, 0.4) is 0 Å². The average Bonchev–Trinajstić information content (AvgIpc) is 2.92. The van der Waals surface area contributed by atoms with Crippen molar-refractivity contribution < 1.29 is 19.1 Å². The van der Waals surface area contributed by atoms with Crippen LogP contribution in [0.4, 0.5) is 0 Å². The van der Waals surface area contributed by atoms with Crippen molar-refractivity contribution in [3.8, 4) is 5.75 Å². The van der Waals surface area contributed by atoms with Crippen molar-refractivity contribution in [3.63, 3.8) is 0 Å². The fourth-order valence-electron chi connectivity index (χ4n) is 3.61. The third-order valence-corrected chi connectivity index (χ3v) is 5.02. The smallest absolute Gasteiger partial charge is 0.255 e. The predicted molar refractivity (Wildman–Crippen MR) is 93.6 cm³/mol. The van der Waals surface area contributed by atoms with Gasteiger partial charge in [0.15, 0.2) is 5.78 Å². The number of unbranched alkanes of at least 4 members (excludes halogenated alkanes) is 3. The minimum Gasteiger partial charge on any atom is -0.493 e. The summed E-state index contributed by atoms with van der Waals surface area (Å²) in [6, 6.07) is 5.03. The third-order valence-electron chi connectivity index (χ3n) is 5.02. The highest BCUT2D eigenvalue weighted by molar-refractivity contribution is 6.07. The van der Waals surface area contributed by atoms with Crippen LogP contribution in [0, 0.1) is 0 Å². The van der Waals surface area contributed by atoms with Crippen LogP contribution in [0.15, 0.2) is 18.2 Å². The van der Waals surface area contributed by atoms with E-state index in [-0.39, 0.29) is 23.9 Å².